The molecule has 0 saturated carbocycles. The average Bonchev–Trinajstić information content (AvgIpc) is 2.46. The summed E-state index contributed by atoms with van der Waals surface area (Å²) in [6, 6.07) is 12.3. The Bertz CT molecular complexity index is 582. The van der Waals surface area contributed by atoms with Crippen molar-refractivity contribution >= 4 is 11.8 Å². The van der Waals surface area contributed by atoms with Crippen LogP contribution in [0.3, 0.4) is 0 Å². The fourth-order valence-electron chi connectivity index (χ4n) is 2.11. The van der Waals surface area contributed by atoms with Gasteiger partial charge in [0.2, 0.25) is 0 Å². The van der Waals surface area contributed by atoms with Gasteiger partial charge in [-0.25, -0.2) is 8.78 Å². The highest BCUT2D eigenvalue weighted by Gasteiger charge is 2.12. The van der Waals surface area contributed by atoms with Crippen LogP contribution in [0.25, 0.3) is 0 Å². The van der Waals surface area contributed by atoms with Gasteiger partial charge in [0.25, 0.3) is 0 Å². The van der Waals surface area contributed by atoms with E-state index in [0.717, 1.165) is 17.4 Å². The number of rotatable bonds is 5. The Morgan fingerprint density at radius 1 is 1.10 bits per heavy atom. The SMILES string of the molecule is CCC(NC)c1ccccc1Sc1ccc(F)c(F)c1. The highest BCUT2D eigenvalue weighted by molar-refractivity contribution is 7.99. The predicted molar refractivity (Wildman–Crippen MR) is 79.0 cm³/mol. The summed E-state index contributed by atoms with van der Waals surface area (Å²) in [4.78, 5) is 1.75. The fourth-order valence-corrected chi connectivity index (χ4v) is 3.14. The van der Waals surface area contributed by atoms with Gasteiger partial charge in [-0.15, -0.1) is 0 Å². The van der Waals surface area contributed by atoms with Gasteiger partial charge in [-0.2, -0.15) is 0 Å². The van der Waals surface area contributed by atoms with Gasteiger partial charge in [0.1, 0.15) is 0 Å². The van der Waals surface area contributed by atoms with Gasteiger partial charge in [0.05, 0.1) is 0 Å². The van der Waals surface area contributed by atoms with E-state index in [1.54, 1.807) is 6.07 Å². The van der Waals surface area contributed by atoms with Crippen molar-refractivity contribution in [1.82, 2.24) is 5.32 Å². The zero-order valence-corrected chi connectivity index (χ0v) is 12.3. The lowest BCUT2D eigenvalue weighted by molar-refractivity contribution is 0.506. The highest BCUT2D eigenvalue weighted by Crippen LogP contribution is 2.34. The Morgan fingerprint density at radius 2 is 1.85 bits per heavy atom. The van der Waals surface area contributed by atoms with Crippen molar-refractivity contribution in [3.05, 3.63) is 59.7 Å². The molecular formula is C16H17F2NS. The lowest BCUT2D eigenvalue weighted by Crippen LogP contribution is -2.15. The molecule has 0 aliphatic rings. The van der Waals surface area contributed by atoms with Crippen LogP contribution in [0.2, 0.25) is 0 Å². The van der Waals surface area contributed by atoms with Crippen LogP contribution in [0.15, 0.2) is 52.3 Å². The number of benzene rings is 2. The Morgan fingerprint density at radius 3 is 2.50 bits per heavy atom. The molecule has 0 amide bonds. The van der Waals surface area contributed by atoms with E-state index in [4.69, 9.17) is 0 Å². The minimum Gasteiger partial charge on any atom is -0.313 e. The van der Waals surface area contributed by atoms with E-state index >= 15 is 0 Å². The molecule has 2 aromatic rings. The van der Waals surface area contributed by atoms with E-state index in [1.165, 1.54) is 23.4 Å². The van der Waals surface area contributed by atoms with Crippen LogP contribution in [0.4, 0.5) is 8.78 Å². The van der Waals surface area contributed by atoms with Crippen molar-refractivity contribution in [3.63, 3.8) is 0 Å². The Hall–Kier alpha value is -1.39. The lowest BCUT2D eigenvalue weighted by Gasteiger charge is -2.18. The first-order valence-electron chi connectivity index (χ1n) is 6.54. The molecule has 0 aliphatic heterocycles. The summed E-state index contributed by atoms with van der Waals surface area (Å²) in [6.07, 6.45) is 0.964. The topological polar surface area (TPSA) is 12.0 Å². The Balaban J connectivity index is 2.31. The third-order valence-electron chi connectivity index (χ3n) is 3.17. The second-order valence-corrected chi connectivity index (χ2v) is 5.58. The van der Waals surface area contributed by atoms with Crippen LogP contribution in [-0.4, -0.2) is 7.05 Å². The van der Waals surface area contributed by atoms with E-state index < -0.39 is 11.6 Å². The van der Waals surface area contributed by atoms with E-state index in [2.05, 4.69) is 18.3 Å². The molecule has 2 aromatic carbocycles. The van der Waals surface area contributed by atoms with E-state index in [1.807, 2.05) is 25.2 Å². The molecule has 4 heteroatoms. The molecule has 0 heterocycles. The molecule has 0 bridgehead atoms. The minimum atomic E-state index is -0.815. The van der Waals surface area contributed by atoms with Crippen LogP contribution in [0.1, 0.15) is 24.9 Å². The maximum absolute atomic E-state index is 13.3. The molecule has 1 unspecified atom stereocenters. The summed E-state index contributed by atoms with van der Waals surface area (Å²) in [6.45, 7) is 2.11. The van der Waals surface area contributed by atoms with Gasteiger partial charge in [0, 0.05) is 15.8 Å². The molecule has 1 N–H and O–H groups in total. The summed E-state index contributed by atoms with van der Waals surface area (Å²) in [5.74, 6) is -1.63. The van der Waals surface area contributed by atoms with E-state index in [0.29, 0.717) is 4.90 Å². The summed E-state index contributed by atoms with van der Waals surface area (Å²) < 4.78 is 26.2. The summed E-state index contributed by atoms with van der Waals surface area (Å²) in [5.41, 5.74) is 1.17. The van der Waals surface area contributed by atoms with Gasteiger partial charge >= 0.3 is 0 Å². The average molecular weight is 293 g/mol. The highest BCUT2D eigenvalue weighted by atomic mass is 32.2. The van der Waals surface area contributed by atoms with Crippen molar-refractivity contribution < 1.29 is 8.78 Å². The lowest BCUT2D eigenvalue weighted by atomic mass is 10.1. The van der Waals surface area contributed by atoms with Crippen molar-refractivity contribution in [2.75, 3.05) is 7.05 Å². The second-order valence-electron chi connectivity index (χ2n) is 4.47. The molecule has 2 rings (SSSR count). The van der Waals surface area contributed by atoms with Crippen molar-refractivity contribution in [2.45, 2.75) is 29.2 Å². The zero-order valence-electron chi connectivity index (χ0n) is 11.5. The summed E-state index contributed by atoms with van der Waals surface area (Å²) >= 11 is 1.45. The molecule has 1 atom stereocenters. The maximum atomic E-state index is 13.3. The molecule has 20 heavy (non-hydrogen) atoms. The first-order valence-corrected chi connectivity index (χ1v) is 7.36. The standard InChI is InChI=1S/C16H17F2NS/c1-3-15(19-2)12-6-4-5-7-16(12)20-11-8-9-13(17)14(18)10-11/h4-10,15,19H,3H2,1-2H3. The molecule has 0 aromatic heterocycles. The predicted octanol–water partition coefficient (Wildman–Crippen LogP) is 4.79. The molecule has 0 fully saturated rings. The number of hydrogen-bond acceptors (Lipinski definition) is 2. The summed E-state index contributed by atoms with van der Waals surface area (Å²) in [5, 5.41) is 3.27. The van der Waals surface area contributed by atoms with Gasteiger partial charge in [-0.05, 0) is 43.3 Å². The number of hydrogen-bond donors (Lipinski definition) is 1. The van der Waals surface area contributed by atoms with E-state index in [-0.39, 0.29) is 6.04 Å². The third-order valence-corrected chi connectivity index (χ3v) is 4.25. The number of halogens is 2. The fraction of sp³-hybridized carbons (Fsp3) is 0.250. The Kier molecular flexibility index (Phi) is 5.15. The monoisotopic (exact) mass is 293 g/mol. The molecule has 0 saturated heterocycles. The van der Waals surface area contributed by atoms with E-state index in [9.17, 15) is 8.78 Å². The van der Waals surface area contributed by atoms with Gasteiger partial charge < -0.3 is 5.32 Å². The summed E-state index contributed by atoms with van der Waals surface area (Å²) in [7, 11) is 1.92. The minimum absolute atomic E-state index is 0.254. The molecule has 1 nitrogen and oxygen atoms in total. The largest absolute Gasteiger partial charge is 0.313 e. The van der Waals surface area contributed by atoms with Crippen molar-refractivity contribution in [1.29, 1.82) is 0 Å². The zero-order chi connectivity index (χ0) is 14.5. The van der Waals surface area contributed by atoms with Gasteiger partial charge in [0.15, 0.2) is 11.6 Å². The van der Waals surface area contributed by atoms with Crippen LogP contribution < -0.4 is 5.32 Å². The molecular weight excluding hydrogens is 276 g/mol. The molecule has 0 radical (unpaired) electrons. The van der Waals surface area contributed by atoms with Crippen molar-refractivity contribution in [3.8, 4) is 0 Å². The van der Waals surface area contributed by atoms with Crippen molar-refractivity contribution in [2.24, 2.45) is 0 Å². The number of nitrogens with one attached hydrogen (secondary N) is 1. The van der Waals surface area contributed by atoms with Gasteiger partial charge in [-0.1, -0.05) is 36.9 Å². The Labute approximate surface area is 122 Å². The van der Waals surface area contributed by atoms with Crippen LogP contribution >= 0.6 is 11.8 Å². The maximum Gasteiger partial charge on any atom is 0.159 e. The van der Waals surface area contributed by atoms with Crippen LogP contribution in [0, 0.1) is 11.6 Å². The molecule has 106 valence electrons. The van der Waals surface area contributed by atoms with Gasteiger partial charge in [-0.3, -0.25) is 0 Å². The molecule has 0 spiro atoms. The second kappa shape index (κ2) is 6.86. The third kappa shape index (κ3) is 3.38. The molecule has 0 aliphatic carbocycles. The van der Waals surface area contributed by atoms with Crippen LogP contribution in [0.5, 0.6) is 0 Å². The first kappa shape index (κ1) is 15.0. The smallest absolute Gasteiger partial charge is 0.159 e. The normalized spacial score (nSPS) is 12.4. The van der Waals surface area contributed by atoms with Crippen LogP contribution in [-0.2, 0) is 0 Å². The quantitative estimate of drug-likeness (QED) is 0.851. The first-order chi connectivity index (χ1) is 9.65.